The van der Waals surface area contributed by atoms with E-state index in [2.05, 4.69) is 10.4 Å². The molecule has 1 unspecified atom stereocenters. The van der Waals surface area contributed by atoms with E-state index in [-0.39, 0.29) is 30.2 Å². The molecule has 1 N–H and O–H groups in total. The summed E-state index contributed by atoms with van der Waals surface area (Å²) in [6.45, 7) is 6.57. The average Bonchev–Trinajstić information content (AvgIpc) is 3.03. The fourth-order valence-electron chi connectivity index (χ4n) is 4.67. The van der Waals surface area contributed by atoms with Crippen LogP contribution in [0, 0.1) is 0 Å². The summed E-state index contributed by atoms with van der Waals surface area (Å²) in [4.78, 5) is 29.3. The summed E-state index contributed by atoms with van der Waals surface area (Å²) in [5.74, 6) is 0.631. The number of ether oxygens (including phenoxy) is 1. The Labute approximate surface area is 158 Å². The molecule has 3 aliphatic heterocycles. The van der Waals surface area contributed by atoms with Crippen LogP contribution in [0.25, 0.3) is 0 Å². The molecule has 1 aliphatic carbocycles. The van der Waals surface area contributed by atoms with Gasteiger partial charge in [-0.25, -0.2) is 4.79 Å². The lowest BCUT2D eigenvalue weighted by Crippen LogP contribution is -2.49. The standard InChI is InChI=1S/C19H27N5O3/c1-19(2,23-8-6-14(21-23)12-3-4-12)17(25)22-7-5-13(11-22)24-15-9-20-10-16(15)27-18(24)26/h6,8,12-13,15-16,20H,3-5,7,9-11H2,1-2H3/t13?,15-,16+/m1/s1. The number of carbonyl (C=O) groups is 2. The smallest absolute Gasteiger partial charge is 0.410 e. The van der Waals surface area contributed by atoms with Crippen molar-refractivity contribution >= 4 is 12.0 Å². The van der Waals surface area contributed by atoms with E-state index in [4.69, 9.17) is 4.74 Å². The molecule has 8 nitrogen and oxygen atoms in total. The number of likely N-dealkylation sites (tertiary alicyclic amines) is 1. The molecule has 4 heterocycles. The molecule has 0 aromatic carbocycles. The zero-order valence-electron chi connectivity index (χ0n) is 15.9. The fourth-order valence-corrected chi connectivity index (χ4v) is 4.67. The van der Waals surface area contributed by atoms with Gasteiger partial charge in [0.15, 0.2) is 0 Å². The van der Waals surface area contributed by atoms with E-state index in [0.29, 0.717) is 19.0 Å². The minimum absolute atomic E-state index is 0.0341. The van der Waals surface area contributed by atoms with Crippen molar-refractivity contribution in [2.75, 3.05) is 26.2 Å². The van der Waals surface area contributed by atoms with Gasteiger partial charge in [0.25, 0.3) is 0 Å². The number of hydrogen-bond donors (Lipinski definition) is 1. The van der Waals surface area contributed by atoms with E-state index < -0.39 is 5.54 Å². The third kappa shape index (κ3) is 2.72. The lowest BCUT2D eigenvalue weighted by atomic mass is 10.0. The molecule has 0 bridgehead atoms. The predicted octanol–water partition coefficient (Wildman–Crippen LogP) is 0.889. The van der Waals surface area contributed by atoms with Gasteiger partial charge in [-0.05, 0) is 39.2 Å². The van der Waals surface area contributed by atoms with Gasteiger partial charge < -0.3 is 15.0 Å². The summed E-state index contributed by atoms with van der Waals surface area (Å²) < 4.78 is 7.28. The SMILES string of the molecule is CC(C)(C(=O)N1CCC(N2C(=O)O[C@H]3CNC[C@H]32)C1)n1ccc(C2CC2)n1. The van der Waals surface area contributed by atoms with Gasteiger partial charge in [0.05, 0.1) is 17.8 Å². The highest BCUT2D eigenvalue weighted by Gasteiger charge is 2.50. The molecule has 4 aliphatic rings. The first-order valence-corrected chi connectivity index (χ1v) is 10.0. The highest BCUT2D eigenvalue weighted by molar-refractivity contribution is 5.84. The summed E-state index contributed by atoms with van der Waals surface area (Å²) in [6.07, 6.45) is 4.83. The maximum Gasteiger partial charge on any atom is 0.410 e. The molecule has 2 amide bonds. The Morgan fingerprint density at radius 3 is 2.89 bits per heavy atom. The van der Waals surface area contributed by atoms with Gasteiger partial charge in [0.2, 0.25) is 5.91 Å². The van der Waals surface area contributed by atoms with Crippen LogP contribution in [0.4, 0.5) is 4.79 Å². The molecular formula is C19H27N5O3. The Bertz CT molecular complexity index is 771. The van der Waals surface area contributed by atoms with Crippen molar-refractivity contribution in [2.24, 2.45) is 0 Å². The van der Waals surface area contributed by atoms with Crippen molar-refractivity contribution in [2.45, 2.75) is 62.8 Å². The second kappa shape index (κ2) is 5.95. The van der Waals surface area contributed by atoms with Gasteiger partial charge >= 0.3 is 6.09 Å². The van der Waals surface area contributed by atoms with Crippen LogP contribution in [0.1, 0.15) is 44.7 Å². The number of carbonyl (C=O) groups excluding carboxylic acids is 2. The fraction of sp³-hybridized carbons (Fsp3) is 0.737. The van der Waals surface area contributed by atoms with Crippen molar-refractivity contribution in [1.82, 2.24) is 24.9 Å². The van der Waals surface area contributed by atoms with Crippen LogP contribution < -0.4 is 5.32 Å². The maximum absolute atomic E-state index is 13.3. The normalized spacial score (nSPS) is 30.7. The third-order valence-electron chi connectivity index (χ3n) is 6.49. The van der Waals surface area contributed by atoms with Crippen LogP contribution >= 0.6 is 0 Å². The number of amides is 2. The van der Waals surface area contributed by atoms with Gasteiger partial charge in [-0.2, -0.15) is 5.10 Å². The third-order valence-corrected chi connectivity index (χ3v) is 6.49. The molecule has 0 radical (unpaired) electrons. The predicted molar refractivity (Wildman–Crippen MR) is 97.3 cm³/mol. The highest BCUT2D eigenvalue weighted by Crippen LogP contribution is 2.39. The molecule has 1 saturated carbocycles. The molecule has 5 rings (SSSR count). The zero-order chi connectivity index (χ0) is 18.8. The molecule has 146 valence electrons. The van der Waals surface area contributed by atoms with Crippen LogP contribution in [0.5, 0.6) is 0 Å². The minimum atomic E-state index is -0.731. The molecule has 4 fully saturated rings. The second-order valence-corrected chi connectivity index (χ2v) is 8.77. The quantitative estimate of drug-likeness (QED) is 0.848. The van der Waals surface area contributed by atoms with E-state index >= 15 is 0 Å². The minimum Gasteiger partial charge on any atom is -0.442 e. The first-order valence-electron chi connectivity index (χ1n) is 10.0. The average molecular weight is 373 g/mol. The summed E-state index contributed by atoms with van der Waals surface area (Å²) in [6, 6.07) is 2.16. The van der Waals surface area contributed by atoms with Gasteiger partial charge in [-0.15, -0.1) is 0 Å². The van der Waals surface area contributed by atoms with Crippen LogP contribution in [-0.2, 0) is 15.1 Å². The van der Waals surface area contributed by atoms with Crippen LogP contribution in [-0.4, -0.2) is 75.9 Å². The first kappa shape index (κ1) is 17.0. The van der Waals surface area contributed by atoms with Gasteiger partial charge in [-0.1, -0.05) is 0 Å². The van der Waals surface area contributed by atoms with E-state index in [1.807, 2.05) is 35.9 Å². The molecule has 0 spiro atoms. The van der Waals surface area contributed by atoms with E-state index in [1.165, 1.54) is 12.8 Å². The van der Waals surface area contributed by atoms with E-state index in [9.17, 15) is 9.59 Å². The van der Waals surface area contributed by atoms with Gasteiger partial charge in [0.1, 0.15) is 11.6 Å². The van der Waals surface area contributed by atoms with Crippen molar-refractivity contribution < 1.29 is 14.3 Å². The topological polar surface area (TPSA) is 79.7 Å². The first-order chi connectivity index (χ1) is 12.9. The van der Waals surface area contributed by atoms with Crippen LogP contribution in [0.3, 0.4) is 0 Å². The molecule has 3 atom stereocenters. The molecule has 1 aromatic heterocycles. The number of aromatic nitrogens is 2. The van der Waals surface area contributed by atoms with E-state index in [0.717, 1.165) is 25.2 Å². The summed E-state index contributed by atoms with van der Waals surface area (Å²) in [5.41, 5.74) is 0.361. The van der Waals surface area contributed by atoms with Crippen molar-refractivity contribution in [1.29, 1.82) is 0 Å². The molecule has 8 heteroatoms. The molecular weight excluding hydrogens is 346 g/mol. The second-order valence-electron chi connectivity index (χ2n) is 8.77. The Morgan fingerprint density at radius 2 is 2.11 bits per heavy atom. The monoisotopic (exact) mass is 373 g/mol. The number of nitrogens with zero attached hydrogens (tertiary/aromatic N) is 4. The number of hydrogen-bond acceptors (Lipinski definition) is 5. The van der Waals surface area contributed by atoms with Gasteiger partial charge in [0, 0.05) is 38.3 Å². The molecule has 3 saturated heterocycles. The largest absolute Gasteiger partial charge is 0.442 e. The van der Waals surface area contributed by atoms with Crippen molar-refractivity contribution in [3.63, 3.8) is 0 Å². The van der Waals surface area contributed by atoms with E-state index in [1.54, 1.807) is 4.68 Å². The Kier molecular flexibility index (Phi) is 3.76. The number of nitrogens with one attached hydrogen (secondary N) is 1. The summed E-state index contributed by atoms with van der Waals surface area (Å²) >= 11 is 0. The van der Waals surface area contributed by atoms with Crippen LogP contribution in [0.2, 0.25) is 0 Å². The van der Waals surface area contributed by atoms with Crippen LogP contribution in [0.15, 0.2) is 12.3 Å². The van der Waals surface area contributed by atoms with Crippen molar-refractivity contribution in [3.8, 4) is 0 Å². The molecule has 27 heavy (non-hydrogen) atoms. The zero-order valence-corrected chi connectivity index (χ0v) is 15.9. The molecule has 1 aromatic rings. The Morgan fingerprint density at radius 1 is 1.30 bits per heavy atom. The van der Waals surface area contributed by atoms with Gasteiger partial charge in [-0.3, -0.25) is 14.4 Å². The maximum atomic E-state index is 13.3. The van der Waals surface area contributed by atoms with Crippen molar-refractivity contribution in [3.05, 3.63) is 18.0 Å². The lowest BCUT2D eigenvalue weighted by molar-refractivity contribution is -0.138. The summed E-state index contributed by atoms with van der Waals surface area (Å²) in [7, 11) is 0. The number of fused-ring (bicyclic) bond motifs is 1. The Hall–Kier alpha value is -2.09. The lowest BCUT2D eigenvalue weighted by Gasteiger charge is -2.31. The highest BCUT2D eigenvalue weighted by atomic mass is 16.6. The Balaban J connectivity index is 1.29. The number of rotatable bonds is 4. The summed E-state index contributed by atoms with van der Waals surface area (Å²) in [5, 5.41) is 7.95.